The number of benzene rings is 1. The van der Waals surface area contributed by atoms with E-state index in [0.717, 1.165) is 43.7 Å². The Bertz CT molecular complexity index is 1090. The Balaban J connectivity index is 1.31. The van der Waals surface area contributed by atoms with Crippen LogP contribution in [0, 0.1) is 17.6 Å². The second kappa shape index (κ2) is 11.3. The highest BCUT2D eigenvalue weighted by molar-refractivity contribution is 5.50. The Morgan fingerprint density at radius 1 is 1.03 bits per heavy atom. The molecule has 9 nitrogen and oxygen atoms in total. The number of ether oxygens (including phenoxy) is 3. The fraction of sp³-hybridized carbons (Fsp3) is 0.458. The molecule has 35 heavy (non-hydrogen) atoms. The molecule has 1 saturated heterocycles. The summed E-state index contributed by atoms with van der Waals surface area (Å²) in [7, 11) is 4.75. The molecule has 1 fully saturated rings. The molecule has 3 aromatic rings. The molecule has 4 rings (SSSR count). The number of piperidine rings is 1. The fourth-order valence-electron chi connectivity index (χ4n) is 4.02. The van der Waals surface area contributed by atoms with Gasteiger partial charge in [-0.2, -0.15) is 5.10 Å². The molecule has 0 radical (unpaired) electrons. The molecule has 0 atom stereocenters. The van der Waals surface area contributed by atoms with Crippen molar-refractivity contribution in [2.24, 2.45) is 5.92 Å². The van der Waals surface area contributed by atoms with Crippen LogP contribution in [-0.2, 0) is 13.2 Å². The van der Waals surface area contributed by atoms with Gasteiger partial charge in [0.25, 0.3) is 0 Å². The zero-order valence-corrected chi connectivity index (χ0v) is 20.1. The number of rotatable bonds is 10. The summed E-state index contributed by atoms with van der Waals surface area (Å²) < 4.78 is 46.3. The van der Waals surface area contributed by atoms with Crippen LogP contribution in [0.15, 0.2) is 30.9 Å². The zero-order chi connectivity index (χ0) is 24.8. The van der Waals surface area contributed by atoms with Crippen LogP contribution in [0.5, 0.6) is 17.2 Å². The van der Waals surface area contributed by atoms with Crippen molar-refractivity contribution >= 4 is 11.6 Å². The van der Waals surface area contributed by atoms with Crippen molar-refractivity contribution in [3.05, 3.63) is 48.1 Å². The summed E-state index contributed by atoms with van der Waals surface area (Å²) in [6.07, 6.45) is 10.1. The lowest BCUT2D eigenvalue weighted by Gasteiger charge is -2.28. The molecular weight excluding hydrogens is 458 g/mol. The summed E-state index contributed by atoms with van der Waals surface area (Å²) in [5.41, 5.74) is 0.464. The summed E-state index contributed by atoms with van der Waals surface area (Å²) in [4.78, 5) is 10.8. The van der Waals surface area contributed by atoms with Gasteiger partial charge in [-0.15, -0.1) is 0 Å². The number of hydrogen-bond donors (Lipinski definition) is 1. The molecule has 0 saturated carbocycles. The summed E-state index contributed by atoms with van der Waals surface area (Å²) >= 11 is 0. The first-order valence-corrected chi connectivity index (χ1v) is 11.5. The highest BCUT2D eigenvalue weighted by Crippen LogP contribution is 2.32. The molecule has 1 aliphatic heterocycles. The Morgan fingerprint density at radius 3 is 2.31 bits per heavy atom. The first-order valence-electron chi connectivity index (χ1n) is 11.5. The number of methoxy groups -OCH3 is 2. The molecule has 0 unspecified atom stereocenters. The fourth-order valence-corrected chi connectivity index (χ4v) is 4.02. The van der Waals surface area contributed by atoms with Gasteiger partial charge in [0.1, 0.15) is 6.61 Å². The van der Waals surface area contributed by atoms with Gasteiger partial charge in [0.2, 0.25) is 5.95 Å². The first-order chi connectivity index (χ1) is 17.0. The molecule has 1 N–H and O–H groups in total. The second-order valence-electron chi connectivity index (χ2n) is 8.57. The molecule has 0 aliphatic carbocycles. The van der Waals surface area contributed by atoms with Crippen molar-refractivity contribution in [3.63, 3.8) is 0 Å². The van der Waals surface area contributed by atoms with Gasteiger partial charge in [-0.3, -0.25) is 4.68 Å². The van der Waals surface area contributed by atoms with Gasteiger partial charge >= 0.3 is 0 Å². The number of halogens is 2. The van der Waals surface area contributed by atoms with Gasteiger partial charge in [-0.05, 0) is 45.3 Å². The predicted molar refractivity (Wildman–Crippen MR) is 126 cm³/mol. The third kappa shape index (κ3) is 6.16. The molecule has 0 bridgehead atoms. The van der Waals surface area contributed by atoms with Gasteiger partial charge in [0, 0.05) is 18.8 Å². The average Bonchev–Trinajstić information content (AvgIpc) is 3.32. The van der Waals surface area contributed by atoms with E-state index in [4.69, 9.17) is 14.2 Å². The largest absolute Gasteiger partial charge is 0.494 e. The molecule has 0 spiro atoms. The lowest BCUT2D eigenvalue weighted by Crippen LogP contribution is -2.30. The van der Waals surface area contributed by atoms with E-state index in [0.29, 0.717) is 5.95 Å². The standard InChI is InChI=1S/C24H30F2N6O3/c1-31-7-4-16(5-8-31)6-9-32-14-17(11-29-32)30-24-27-12-18(13-28-24)35-15-19-22(25)20(33-2)10-21(34-3)23(19)26/h10-14,16H,4-9,15H2,1-3H3,(H,27,28,30). The lowest BCUT2D eigenvalue weighted by atomic mass is 9.94. The molecule has 188 valence electrons. The van der Waals surface area contributed by atoms with E-state index < -0.39 is 11.6 Å². The minimum absolute atomic E-state index is 0.135. The molecule has 1 aliphatic rings. The van der Waals surface area contributed by atoms with Crippen LogP contribution >= 0.6 is 0 Å². The third-order valence-electron chi connectivity index (χ3n) is 6.17. The van der Waals surface area contributed by atoms with E-state index in [1.165, 1.54) is 39.5 Å². The summed E-state index contributed by atoms with van der Waals surface area (Å²) in [6.45, 7) is 2.80. The summed E-state index contributed by atoms with van der Waals surface area (Å²) in [5, 5.41) is 7.51. The normalized spacial score (nSPS) is 14.7. The smallest absolute Gasteiger partial charge is 0.227 e. The maximum Gasteiger partial charge on any atom is 0.227 e. The van der Waals surface area contributed by atoms with E-state index in [1.807, 2.05) is 10.9 Å². The highest BCUT2D eigenvalue weighted by Gasteiger charge is 2.21. The lowest BCUT2D eigenvalue weighted by molar-refractivity contribution is 0.206. The van der Waals surface area contributed by atoms with Crippen molar-refractivity contribution in [2.45, 2.75) is 32.4 Å². The maximum absolute atomic E-state index is 14.5. The number of nitrogens with zero attached hydrogens (tertiary/aromatic N) is 5. The van der Waals surface area contributed by atoms with Crippen molar-refractivity contribution in [3.8, 4) is 17.2 Å². The van der Waals surface area contributed by atoms with Crippen LogP contribution < -0.4 is 19.5 Å². The number of likely N-dealkylation sites (tertiary alicyclic amines) is 1. The molecular formula is C24H30F2N6O3. The van der Waals surface area contributed by atoms with E-state index >= 15 is 0 Å². The molecule has 2 aromatic heterocycles. The van der Waals surface area contributed by atoms with Gasteiger partial charge < -0.3 is 24.4 Å². The van der Waals surface area contributed by atoms with Crippen LogP contribution in [0.4, 0.5) is 20.4 Å². The molecule has 0 amide bonds. The quantitative estimate of drug-likeness (QED) is 0.458. The van der Waals surface area contributed by atoms with E-state index in [-0.39, 0.29) is 29.4 Å². The first kappa shape index (κ1) is 24.6. The van der Waals surface area contributed by atoms with Crippen LogP contribution in [0.1, 0.15) is 24.8 Å². The number of nitrogens with one attached hydrogen (secondary N) is 1. The monoisotopic (exact) mass is 488 g/mol. The number of anilines is 2. The van der Waals surface area contributed by atoms with E-state index in [1.54, 1.807) is 6.20 Å². The Hall–Kier alpha value is -3.47. The van der Waals surface area contributed by atoms with Gasteiger partial charge in [0.05, 0.1) is 44.1 Å². The Morgan fingerprint density at radius 2 is 1.69 bits per heavy atom. The van der Waals surface area contributed by atoms with Gasteiger partial charge in [0.15, 0.2) is 28.9 Å². The molecule has 3 heterocycles. The minimum Gasteiger partial charge on any atom is -0.494 e. The van der Waals surface area contributed by atoms with Crippen LogP contribution in [0.25, 0.3) is 0 Å². The topological polar surface area (TPSA) is 86.6 Å². The number of aryl methyl sites for hydroxylation is 1. The van der Waals surface area contributed by atoms with Crippen LogP contribution in [0.3, 0.4) is 0 Å². The average molecular weight is 489 g/mol. The maximum atomic E-state index is 14.5. The SMILES string of the molecule is COc1cc(OC)c(F)c(COc2cnc(Nc3cnn(CCC4CCN(C)CC4)c3)nc2)c1F. The van der Waals surface area contributed by atoms with E-state index in [9.17, 15) is 8.78 Å². The molecule has 1 aromatic carbocycles. The Labute approximate surface area is 203 Å². The van der Waals surface area contributed by atoms with Crippen LogP contribution in [0.2, 0.25) is 0 Å². The molecule has 11 heteroatoms. The van der Waals surface area contributed by atoms with Crippen molar-refractivity contribution < 1.29 is 23.0 Å². The Kier molecular flexibility index (Phi) is 7.96. The van der Waals surface area contributed by atoms with Gasteiger partial charge in [-0.25, -0.2) is 18.7 Å². The minimum atomic E-state index is -0.849. The second-order valence-corrected chi connectivity index (χ2v) is 8.57. The van der Waals surface area contributed by atoms with Crippen molar-refractivity contribution in [2.75, 3.05) is 39.7 Å². The van der Waals surface area contributed by atoms with Crippen molar-refractivity contribution in [1.29, 1.82) is 0 Å². The number of hydrogen-bond acceptors (Lipinski definition) is 8. The van der Waals surface area contributed by atoms with E-state index in [2.05, 4.69) is 32.3 Å². The highest BCUT2D eigenvalue weighted by atomic mass is 19.1. The van der Waals surface area contributed by atoms with Gasteiger partial charge in [-0.1, -0.05) is 0 Å². The van der Waals surface area contributed by atoms with Crippen molar-refractivity contribution in [1.82, 2.24) is 24.6 Å². The summed E-state index contributed by atoms with van der Waals surface area (Å²) in [6, 6.07) is 1.15. The van der Waals surface area contributed by atoms with Crippen LogP contribution in [-0.4, -0.2) is 59.0 Å². The summed E-state index contributed by atoms with van der Waals surface area (Å²) in [5.74, 6) is -0.620. The number of aromatic nitrogens is 4. The predicted octanol–water partition coefficient (Wildman–Crippen LogP) is 4.02. The third-order valence-corrected chi connectivity index (χ3v) is 6.17. The zero-order valence-electron chi connectivity index (χ0n) is 20.1.